The number of amides is 1. The first-order chi connectivity index (χ1) is 10.6. The molecule has 0 saturated heterocycles. The van der Waals surface area contributed by atoms with Crippen LogP contribution in [0.3, 0.4) is 0 Å². The van der Waals surface area contributed by atoms with Crippen LogP contribution in [0.1, 0.15) is 10.4 Å². The SMILES string of the molecule is O=C(NNc1ccccc1)c1cc2ccc(O)cc2oc1=O. The van der Waals surface area contributed by atoms with E-state index in [0.717, 1.165) is 0 Å². The number of benzene rings is 2. The van der Waals surface area contributed by atoms with Gasteiger partial charge in [-0.2, -0.15) is 0 Å². The van der Waals surface area contributed by atoms with Crippen molar-refractivity contribution >= 4 is 22.6 Å². The number of carbonyl (C=O) groups is 1. The molecule has 6 nitrogen and oxygen atoms in total. The molecule has 0 saturated carbocycles. The molecule has 0 spiro atoms. The van der Waals surface area contributed by atoms with Crippen LogP contribution in [-0.2, 0) is 0 Å². The molecule has 6 heteroatoms. The number of carbonyl (C=O) groups excluding carboxylic acids is 1. The van der Waals surface area contributed by atoms with E-state index in [-0.39, 0.29) is 16.9 Å². The fourth-order valence-corrected chi connectivity index (χ4v) is 1.98. The minimum Gasteiger partial charge on any atom is -0.508 e. The van der Waals surface area contributed by atoms with Crippen molar-refractivity contribution in [3.8, 4) is 5.75 Å². The highest BCUT2D eigenvalue weighted by Crippen LogP contribution is 2.19. The Balaban J connectivity index is 1.86. The van der Waals surface area contributed by atoms with Crippen LogP contribution < -0.4 is 16.5 Å². The topological polar surface area (TPSA) is 91.6 Å². The molecule has 3 N–H and O–H groups in total. The number of aromatic hydroxyl groups is 1. The van der Waals surface area contributed by atoms with Gasteiger partial charge in [0.25, 0.3) is 5.91 Å². The van der Waals surface area contributed by atoms with Gasteiger partial charge in [-0.1, -0.05) is 18.2 Å². The molecule has 22 heavy (non-hydrogen) atoms. The Bertz CT molecular complexity index is 888. The van der Waals surface area contributed by atoms with Gasteiger partial charge in [-0.15, -0.1) is 0 Å². The number of nitrogens with one attached hydrogen (secondary N) is 2. The van der Waals surface area contributed by atoms with Crippen molar-refractivity contribution in [2.45, 2.75) is 0 Å². The summed E-state index contributed by atoms with van der Waals surface area (Å²) < 4.78 is 5.04. The molecular weight excluding hydrogens is 284 g/mol. The molecule has 3 aromatic rings. The van der Waals surface area contributed by atoms with Gasteiger partial charge in [0.2, 0.25) is 0 Å². The average molecular weight is 296 g/mol. The van der Waals surface area contributed by atoms with Crippen LogP contribution in [-0.4, -0.2) is 11.0 Å². The van der Waals surface area contributed by atoms with E-state index in [1.165, 1.54) is 18.2 Å². The first-order valence-corrected chi connectivity index (χ1v) is 6.52. The molecule has 0 aliphatic heterocycles. The molecule has 2 aromatic carbocycles. The summed E-state index contributed by atoms with van der Waals surface area (Å²) in [5.41, 5.74) is 5.15. The van der Waals surface area contributed by atoms with E-state index >= 15 is 0 Å². The molecule has 1 amide bonds. The number of hydrogen-bond acceptors (Lipinski definition) is 5. The van der Waals surface area contributed by atoms with Gasteiger partial charge in [0.1, 0.15) is 16.9 Å². The maximum Gasteiger partial charge on any atom is 0.349 e. The summed E-state index contributed by atoms with van der Waals surface area (Å²) in [4.78, 5) is 23.9. The summed E-state index contributed by atoms with van der Waals surface area (Å²) in [6.07, 6.45) is 0. The van der Waals surface area contributed by atoms with Crippen molar-refractivity contribution in [1.82, 2.24) is 5.43 Å². The van der Waals surface area contributed by atoms with Gasteiger partial charge in [-0.05, 0) is 30.3 Å². The van der Waals surface area contributed by atoms with Gasteiger partial charge in [0, 0.05) is 11.5 Å². The predicted molar refractivity (Wildman–Crippen MR) is 81.7 cm³/mol. The van der Waals surface area contributed by atoms with Crippen LogP contribution in [0, 0.1) is 0 Å². The number of para-hydroxylation sites is 1. The monoisotopic (exact) mass is 296 g/mol. The first-order valence-electron chi connectivity index (χ1n) is 6.52. The fraction of sp³-hybridized carbons (Fsp3) is 0. The number of hydrazine groups is 1. The number of phenols is 1. The maximum atomic E-state index is 12.1. The lowest BCUT2D eigenvalue weighted by molar-refractivity contribution is 0.0959. The highest BCUT2D eigenvalue weighted by atomic mass is 16.4. The van der Waals surface area contributed by atoms with E-state index in [0.29, 0.717) is 11.1 Å². The Kier molecular flexibility index (Phi) is 3.49. The zero-order valence-electron chi connectivity index (χ0n) is 11.4. The number of hydrogen-bond donors (Lipinski definition) is 3. The van der Waals surface area contributed by atoms with Crippen LogP contribution in [0.15, 0.2) is 63.8 Å². The second-order valence-electron chi connectivity index (χ2n) is 4.61. The number of phenolic OH excluding ortho intramolecular Hbond substituents is 1. The quantitative estimate of drug-likeness (QED) is 0.509. The highest BCUT2D eigenvalue weighted by Gasteiger charge is 2.13. The third kappa shape index (κ3) is 2.76. The number of rotatable bonds is 3. The Hall–Kier alpha value is -3.28. The summed E-state index contributed by atoms with van der Waals surface area (Å²) in [5, 5.41) is 9.90. The highest BCUT2D eigenvalue weighted by molar-refractivity contribution is 5.97. The molecule has 0 fully saturated rings. The molecule has 0 unspecified atom stereocenters. The predicted octanol–water partition coefficient (Wildman–Crippen LogP) is 2.26. The van der Waals surface area contributed by atoms with Crippen molar-refractivity contribution in [1.29, 1.82) is 0 Å². The molecular formula is C16H12N2O4. The maximum absolute atomic E-state index is 12.1. The van der Waals surface area contributed by atoms with Crippen molar-refractivity contribution < 1.29 is 14.3 Å². The average Bonchev–Trinajstić information content (AvgIpc) is 2.53. The zero-order chi connectivity index (χ0) is 15.5. The van der Waals surface area contributed by atoms with E-state index in [2.05, 4.69) is 10.9 Å². The van der Waals surface area contributed by atoms with E-state index in [4.69, 9.17) is 4.42 Å². The lowest BCUT2D eigenvalue weighted by Crippen LogP contribution is -2.32. The molecule has 0 aliphatic carbocycles. The number of anilines is 1. The van der Waals surface area contributed by atoms with Crippen LogP contribution in [0.25, 0.3) is 11.0 Å². The second kappa shape index (κ2) is 5.61. The summed E-state index contributed by atoms with van der Waals surface area (Å²) in [5.74, 6) is -0.619. The normalized spacial score (nSPS) is 10.4. The van der Waals surface area contributed by atoms with E-state index in [9.17, 15) is 14.7 Å². The molecule has 0 bridgehead atoms. The minimum atomic E-state index is -0.773. The standard InChI is InChI=1S/C16H12N2O4/c19-12-7-6-10-8-13(16(21)22-14(10)9-12)15(20)18-17-11-4-2-1-3-5-11/h1-9,17,19H,(H,18,20). The Morgan fingerprint density at radius 3 is 2.59 bits per heavy atom. The van der Waals surface area contributed by atoms with Gasteiger partial charge in [-0.3, -0.25) is 15.6 Å². The minimum absolute atomic E-state index is 0.0152. The Labute approximate surface area is 125 Å². The van der Waals surface area contributed by atoms with E-state index < -0.39 is 11.5 Å². The third-order valence-corrected chi connectivity index (χ3v) is 3.06. The molecule has 3 rings (SSSR count). The molecule has 0 radical (unpaired) electrons. The summed E-state index contributed by atoms with van der Waals surface area (Å²) in [6.45, 7) is 0. The molecule has 0 aliphatic rings. The summed E-state index contributed by atoms with van der Waals surface area (Å²) in [7, 11) is 0. The van der Waals surface area contributed by atoms with Crippen LogP contribution in [0.2, 0.25) is 0 Å². The van der Waals surface area contributed by atoms with E-state index in [1.807, 2.05) is 18.2 Å². The third-order valence-electron chi connectivity index (χ3n) is 3.06. The summed E-state index contributed by atoms with van der Waals surface area (Å²) in [6, 6.07) is 14.8. The van der Waals surface area contributed by atoms with Gasteiger partial charge in [0.15, 0.2) is 0 Å². The smallest absolute Gasteiger partial charge is 0.349 e. The van der Waals surface area contributed by atoms with Crippen molar-refractivity contribution in [2.24, 2.45) is 0 Å². The molecule has 1 aromatic heterocycles. The molecule has 1 heterocycles. The van der Waals surface area contributed by atoms with Crippen LogP contribution in [0.4, 0.5) is 5.69 Å². The first kappa shape index (κ1) is 13.7. The lowest BCUT2D eigenvalue weighted by Gasteiger charge is -2.08. The zero-order valence-corrected chi connectivity index (χ0v) is 11.4. The lowest BCUT2D eigenvalue weighted by atomic mass is 10.2. The van der Waals surface area contributed by atoms with Gasteiger partial charge in [-0.25, -0.2) is 4.79 Å². The van der Waals surface area contributed by atoms with Crippen LogP contribution >= 0.6 is 0 Å². The van der Waals surface area contributed by atoms with Gasteiger partial charge >= 0.3 is 5.63 Å². The van der Waals surface area contributed by atoms with Gasteiger partial charge in [0.05, 0.1) is 5.69 Å². The van der Waals surface area contributed by atoms with Crippen molar-refractivity contribution in [2.75, 3.05) is 5.43 Å². The molecule has 0 atom stereocenters. The summed E-state index contributed by atoms with van der Waals surface area (Å²) >= 11 is 0. The van der Waals surface area contributed by atoms with Gasteiger partial charge < -0.3 is 9.52 Å². The Morgan fingerprint density at radius 2 is 1.82 bits per heavy atom. The number of fused-ring (bicyclic) bond motifs is 1. The molecule has 110 valence electrons. The van der Waals surface area contributed by atoms with Crippen molar-refractivity contribution in [3.63, 3.8) is 0 Å². The Morgan fingerprint density at radius 1 is 1.05 bits per heavy atom. The van der Waals surface area contributed by atoms with E-state index in [1.54, 1.807) is 18.2 Å². The van der Waals surface area contributed by atoms with Crippen molar-refractivity contribution in [3.05, 3.63) is 70.6 Å². The fourth-order valence-electron chi connectivity index (χ4n) is 1.98. The second-order valence-corrected chi connectivity index (χ2v) is 4.61. The largest absolute Gasteiger partial charge is 0.508 e. The van der Waals surface area contributed by atoms with Crippen LogP contribution in [0.5, 0.6) is 5.75 Å².